The van der Waals surface area contributed by atoms with Crippen LogP contribution in [0.2, 0.25) is 0 Å². The van der Waals surface area contributed by atoms with Crippen LogP contribution in [0.5, 0.6) is 0 Å². The molecule has 2 atom stereocenters. The molecule has 0 bridgehead atoms. The molecule has 0 spiro atoms. The van der Waals surface area contributed by atoms with E-state index in [1.807, 2.05) is 6.07 Å². The number of fused-ring (bicyclic) bond motifs is 1. The first-order valence-corrected chi connectivity index (χ1v) is 6.85. The lowest BCUT2D eigenvalue weighted by atomic mass is 9.91. The van der Waals surface area contributed by atoms with Crippen molar-refractivity contribution >= 4 is 11.8 Å². The highest BCUT2D eigenvalue weighted by Crippen LogP contribution is 2.65. The standard InChI is InChI=1S/C15H17NO2/c17-14-16(8-9-18-14)13-6-2-1-5-12(13)15-7-3-4-11(15)10-15/h1-2,5-6,11H,3-4,7-10H2. The number of anilines is 1. The van der Waals surface area contributed by atoms with Crippen LogP contribution in [0.25, 0.3) is 0 Å². The molecule has 1 amide bonds. The van der Waals surface area contributed by atoms with Gasteiger partial charge in [-0.1, -0.05) is 24.6 Å². The number of nitrogens with zero attached hydrogens (tertiary/aromatic N) is 1. The summed E-state index contributed by atoms with van der Waals surface area (Å²) in [6.45, 7) is 1.21. The van der Waals surface area contributed by atoms with Crippen molar-refractivity contribution in [2.45, 2.75) is 31.1 Å². The van der Waals surface area contributed by atoms with Crippen LogP contribution < -0.4 is 4.90 Å². The lowest BCUT2D eigenvalue weighted by Gasteiger charge is -2.22. The summed E-state index contributed by atoms with van der Waals surface area (Å²) in [4.78, 5) is 13.6. The van der Waals surface area contributed by atoms with E-state index >= 15 is 0 Å². The number of para-hydroxylation sites is 1. The van der Waals surface area contributed by atoms with Crippen LogP contribution in [0.1, 0.15) is 31.2 Å². The zero-order valence-corrected chi connectivity index (χ0v) is 10.4. The number of cyclic esters (lactones) is 1. The summed E-state index contributed by atoms with van der Waals surface area (Å²) in [5.41, 5.74) is 2.86. The van der Waals surface area contributed by atoms with Crippen molar-refractivity contribution < 1.29 is 9.53 Å². The maximum atomic E-state index is 11.8. The van der Waals surface area contributed by atoms with E-state index in [4.69, 9.17) is 4.74 Å². The van der Waals surface area contributed by atoms with Gasteiger partial charge >= 0.3 is 6.09 Å². The molecule has 0 radical (unpaired) electrons. The van der Waals surface area contributed by atoms with Gasteiger partial charge in [0.25, 0.3) is 0 Å². The van der Waals surface area contributed by atoms with Crippen LogP contribution in [0.15, 0.2) is 24.3 Å². The summed E-state index contributed by atoms with van der Waals surface area (Å²) in [5.74, 6) is 0.859. The Hall–Kier alpha value is -1.51. The normalized spacial score (nSPS) is 33.4. The number of hydrogen-bond acceptors (Lipinski definition) is 2. The molecule has 0 N–H and O–H groups in total. The summed E-state index contributed by atoms with van der Waals surface area (Å²) < 4.78 is 5.07. The topological polar surface area (TPSA) is 29.5 Å². The first-order chi connectivity index (χ1) is 8.81. The molecule has 1 aromatic carbocycles. The highest BCUT2D eigenvalue weighted by atomic mass is 16.6. The Bertz CT molecular complexity index is 513. The fourth-order valence-electron chi connectivity index (χ4n) is 3.94. The maximum absolute atomic E-state index is 11.8. The highest BCUT2D eigenvalue weighted by molar-refractivity contribution is 5.90. The van der Waals surface area contributed by atoms with Crippen LogP contribution in [0.3, 0.4) is 0 Å². The molecule has 4 rings (SSSR count). The smallest absolute Gasteiger partial charge is 0.414 e. The zero-order chi connectivity index (χ0) is 12.2. The second-order valence-corrected chi connectivity index (χ2v) is 5.73. The lowest BCUT2D eigenvalue weighted by Crippen LogP contribution is -2.26. The molecule has 2 aliphatic carbocycles. The quantitative estimate of drug-likeness (QED) is 0.798. The van der Waals surface area contributed by atoms with Gasteiger partial charge in [0.2, 0.25) is 0 Å². The van der Waals surface area contributed by atoms with Crippen molar-refractivity contribution in [3.05, 3.63) is 29.8 Å². The first kappa shape index (κ1) is 10.4. The van der Waals surface area contributed by atoms with Gasteiger partial charge in [0.15, 0.2) is 0 Å². The Morgan fingerprint density at radius 2 is 2.22 bits per heavy atom. The molecule has 2 unspecified atom stereocenters. The van der Waals surface area contributed by atoms with Gasteiger partial charge in [-0.05, 0) is 36.8 Å². The third kappa shape index (κ3) is 1.27. The average Bonchev–Trinajstić information content (AvgIpc) is 2.74. The van der Waals surface area contributed by atoms with Crippen LogP contribution in [0.4, 0.5) is 10.5 Å². The van der Waals surface area contributed by atoms with E-state index in [2.05, 4.69) is 18.2 Å². The second kappa shape index (κ2) is 3.50. The summed E-state index contributed by atoms with van der Waals surface area (Å²) in [6.07, 6.45) is 5.11. The Balaban J connectivity index is 1.77. The number of carbonyl (C=O) groups excluding carboxylic acids is 1. The van der Waals surface area contributed by atoms with Gasteiger partial charge in [-0.15, -0.1) is 0 Å². The fraction of sp³-hybridized carbons (Fsp3) is 0.533. The SMILES string of the molecule is O=C1OCCN1c1ccccc1C12CCCC1C2. The molecule has 94 valence electrons. The number of amides is 1. The molecule has 3 aliphatic rings. The van der Waals surface area contributed by atoms with Gasteiger partial charge in [-0.3, -0.25) is 4.90 Å². The molecule has 1 saturated heterocycles. The minimum absolute atomic E-state index is 0.186. The van der Waals surface area contributed by atoms with E-state index in [0.29, 0.717) is 18.6 Å². The van der Waals surface area contributed by atoms with Crippen LogP contribution in [-0.4, -0.2) is 19.2 Å². The van der Waals surface area contributed by atoms with Crippen molar-refractivity contribution in [1.29, 1.82) is 0 Å². The summed E-state index contributed by atoms with van der Waals surface area (Å²) in [7, 11) is 0. The molecule has 3 heteroatoms. The van der Waals surface area contributed by atoms with E-state index in [-0.39, 0.29) is 6.09 Å². The predicted octanol–water partition coefficient (Wildman–Crippen LogP) is 3.08. The number of rotatable bonds is 2. The zero-order valence-electron chi connectivity index (χ0n) is 10.4. The van der Waals surface area contributed by atoms with Crippen molar-refractivity contribution in [1.82, 2.24) is 0 Å². The minimum atomic E-state index is -0.186. The van der Waals surface area contributed by atoms with Gasteiger partial charge in [-0.25, -0.2) is 4.79 Å². The van der Waals surface area contributed by atoms with Crippen molar-refractivity contribution in [2.75, 3.05) is 18.1 Å². The molecular weight excluding hydrogens is 226 g/mol. The molecule has 1 aliphatic heterocycles. The first-order valence-electron chi connectivity index (χ1n) is 6.85. The summed E-state index contributed by atoms with van der Waals surface area (Å²) in [6, 6.07) is 8.41. The van der Waals surface area contributed by atoms with Crippen molar-refractivity contribution in [3.8, 4) is 0 Å². The van der Waals surface area contributed by atoms with E-state index < -0.39 is 0 Å². The summed E-state index contributed by atoms with van der Waals surface area (Å²) >= 11 is 0. The van der Waals surface area contributed by atoms with Crippen molar-refractivity contribution in [3.63, 3.8) is 0 Å². The number of benzene rings is 1. The van der Waals surface area contributed by atoms with Gasteiger partial charge < -0.3 is 4.74 Å². The van der Waals surface area contributed by atoms with Crippen LogP contribution >= 0.6 is 0 Å². The number of hydrogen-bond donors (Lipinski definition) is 0. The van der Waals surface area contributed by atoms with Gasteiger partial charge in [0.05, 0.1) is 12.2 Å². The highest BCUT2D eigenvalue weighted by Gasteiger charge is 2.58. The Labute approximate surface area is 107 Å². The third-order valence-electron chi connectivity index (χ3n) is 4.90. The Morgan fingerprint density at radius 3 is 2.89 bits per heavy atom. The largest absolute Gasteiger partial charge is 0.447 e. The molecule has 3 fully saturated rings. The molecule has 1 heterocycles. The Kier molecular flexibility index (Phi) is 2.02. The predicted molar refractivity (Wildman–Crippen MR) is 68.8 cm³/mol. The third-order valence-corrected chi connectivity index (χ3v) is 4.90. The molecule has 0 aromatic heterocycles. The van der Waals surface area contributed by atoms with Gasteiger partial charge in [0, 0.05) is 5.41 Å². The van der Waals surface area contributed by atoms with Crippen molar-refractivity contribution in [2.24, 2.45) is 5.92 Å². The average molecular weight is 243 g/mol. The lowest BCUT2D eigenvalue weighted by molar-refractivity contribution is 0.181. The molecule has 18 heavy (non-hydrogen) atoms. The number of carbonyl (C=O) groups is 1. The maximum Gasteiger partial charge on any atom is 0.414 e. The van der Waals surface area contributed by atoms with Crippen LogP contribution in [-0.2, 0) is 10.2 Å². The second-order valence-electron chi connectivity index (χ2n) is 5.73. The fourth-order valence-corrected chi connectivity index (χ4v) is 3.94. The summed E-state index contributed by atoms with van der Waals surface area (Å²) in [5, 5.41) is 0. The Morgan fingerprint density at radius 1 is 1.33 bits per heavy atom. The van der Waals surface area contributed by atoms with E-state index in [9.17, 15) is 4.79 Å². The number of ether oxygens (including phenoxy) is 1. The molecule has 1 aromatic rings. The van der Waals surface area contributed by atoms with Gasteiger partial charge in [-0.2, -0.15) is 0 Å². The van der Waals surface area contributed by atoms with Crippen LogP contribution in [0, 0.1) is 5.92 Å². The monoisotopic (exact) mass is 243 g/mol. The van der Waals surface area contributed by atoms with E-state index in [1.165, 1.54) is 31.2 Å². The minimum Gasteiger partial charge on any atom is -0.447 e. The molecule has 3 nitrogen and oxygen atoms in total. The molecular formula is C15H17NO2. The van der Waals surface area contributed by atoms with E-state index in [1.54, 1.807) is 4.90 Å². The molecule has 2 saturated carbocycles. The van der Waals surface area contributed by atoms with Gasteiger partial charge in [0.1, 0.15) is 6.61 Å². The van der Waals surface area contributed by atoms with E-state index in [0.717, 1.165) is 11.6 Å².